The predicted octanol–water partition coefficient (Wildman–Crippen LogP) is 2.49. The zero-order valence-corrected chi connectivity index (χ0v) is 13.5. The van der Waals surface area contributed by atoms with Crippen molar-refractivity contribution >= 4 is 5.91 Å². The van der Waals surface area contributed by atoms with Gasteiger partial charge in [0.2, 0.25) is 5.91 Å². The molecule has 0 bridgehead atoms. The van der Waals surface area contributed by atoms with Crippen molar-refractivity contribution in [1.29, 1.82) is 0 Å². The lowest BCUT2D eigenvalue weighted by Gasteiger charge is -2.27. The Bertz CT molecular complexity index is 669. The SMILES string of the molecule is Cc1noc(C)c1[C@H](C)C(=O)N1CCC[C@H]1c1cnn(C)c1. The fourth-order valence-electron chi connectivity index (χ4n) is 3.47. The van der Waals surface area contributed by atoms with Gasteiger partial charge in [-0.05, 0) is 33.6 Å². The van der Waals surface area contributed by atoms with E-state index in [-0.39, 0.29) is 17.9 Å². The summed E-state index contributed by atoms with van der Waals surface area (Å²) in [4.78, 5) is 14.9. The Morgan fingerprint density at radius 3 is 2.82 bits per heavy atom. The third-order valence-corrected chi connectivity index (χ3v) is 4.54. The van der Waals surface area contributed by atoms with Crippen LogP contribution in [0.25, 0.3) is 0 Å². The lowest BCUT2D eigenvalue weighted by atomic mass is 9.97. The minimum atomic E-state index is -0.233. The summed E-state index contributed by atoms with van der Waals surface area (Å²) in [6, 6.07) is 0.129. The Kier molecular flexibility index (Phi) is 3.76. The summed E-state index contributed by atoms with van der Waals surface area (Å²) in [6.45, 7) is 6.49. The molecule has 3 rings (SSSR count). The molecule has 1 amide bonds. The van der Waals surface area contributed by atoms with Gasteiger partial charge in [-0.25, -0.2) is 0 Å². The van der Waals surface area contributed by atoms with E-state index in [1.165, 1.54) is 0 Å². The molecule has 0 aliphatic carbocycles. The summed E-state index contributed by atoms with van der Waals surface area (Å²) in [7, 11) is 1.90. The largest absolute Gasteiger partial charge is 0.361 e. The zero-order chi connectivity index (χ0) is 15.9. The lowest BCUT2D eigenvalue weighted by Crippen LogP contribution is -2.34. The maximum absolute atomic E-state index is 13.0. The first-order chi connectivity index (χ1) is 10.5. The number of aryl methyl sites for hydroxylation is 3. The highest BCUT2D eigenvalue weighted by molar-refractivity contribution is 5.84. The molecule has 118 valence electrons. The second kappa shape index (κ2) is 5.59. The zero-order valence-electron chi connectivity index (χ0n) is 13.5. The monoisotopic (exact) mass is 302 g/mol. The van der Waals surface area contributed by atoms with E-state index in [4.69, 9.17) is 4.52 Å². The van der Waals surface area contributed by atoms with E-state index in [0.717, 1.165) is 42.0 Å². The number of hydrogen-bond acceptors (Lipinski definition) is 4. The van der Waals surface area contributed by atoms with Crippen molar-refractivity contribution in [2.45, 2.75) is 45.6 Å². The molecule has 2 aromatic rings. The van der Waals surface area contributed by atoms with E-state index in [2.05, 4.69) is 10.3 Å². The highest BCUT2D eigenvalue weighted by Crippen LogP contribution is 2.35. The summed E-state index contributed by atoms with van der Waals surface area (Å²) in [5.74, 6) is 0.639. The van der Waals surface area contributed by atoms with Crippen LogP contribution in [0.1, 0.15) is 54.3 Å². The van der Waals surface area contributed by atoms with E-state index >= 15 is 0 Å². The molecule has 0 saturated carbocycles. The molecule has 0 spiro atoms. The predicted molar refractivity (Wildman–Crippen MR) is 81.3 cm³/mol. The number of amides is 1. The van der Waals surface area contributed by atoms with Crippen molar-refractivity contribution in [3.63, 3.8) is 0 Å². The number of likely N-dealkylation sites (tertiary alicyclic amines) is 1. The van der Waals surface area contributed by atoms with E-state index in [1.54, 1.807) is 4.68 Å². The number of carbonyl (C=O) groups excluding carboxylic acids is 1. The number of rotatable bonds is 3. The molecule has 1 fully saturated rings. The third-order valence-electron chi connectivity index (χ3n) is 4.54. The Labute approximate surface area is 130 Å². The third kappa shape index (κ3) is 2.42. The van der Waals surface area contributed by atoms with Gasteiger partial charge >= 0.3 is 0 Å². The summed E-state index contributed by atoms with van der Waals surface area (Å²) in [5, 5.41) is 8.20. The first-order valence-electron chi connectivity index (χ1n) is 7.71. The minimum Gasteiger partial charge on any atom is -0.361 e. The smallest absolute Gasteiger partial charge is 0.230 e. The van der Waals surface area contributed by atoms with Crippen LogP contribution in [0.3, 0.4) is 0 Å². The summed E-state index contributed by atoms with van der Waals surface area (Å²) in [6.07, 6.45) is 5.87. The van der Waals surface area contributed by atoms with Crippen LogP contribution in [0.5, 0.6) is 0 Å². The molecule has 2 atom stereocenters. The van der Waals surface area contributed by atoms with Gasteiger partial charge in [-0.15, -0.1) is 0 Å². The molecule has 6 heteroatoms. The molecule has 3 heterocycles. The van der Waals surface area contributed by atoms with E-state index in [9.17, 15) is 4.79 Å². The standard InChI is InChI=1S/C16H22N4O2/c1-10(15-11(2)18-22-12(15)3)16(21)20-7-5-6-14(20)13-8-17-19(4)9-13/h8-10,14H,5-7H2,1-4H3/t10-,14-/m0/s1. The van der Waals surface area contributed by atoms with Crippen LogP contribution >= 0.6 is 0 Å². The van der Waals surface area contributed by atoms with Crippen molar-refractivity contribution < 1.29 is 9.32 Å². The molecule has 0 N–H and O–H groups in total. The molecule has 1 aliphatic rings. The van der Waals surface area contributed by atoms with Crippen LogP contribution in [0, 0.1) is 13.8 Å². The first kappa shape index (κ1) is 14.8. The average molecular weight is 302 g/mol. The Balaban J connectivity index is 1.84. The van der Waals surface area contributed by atoms with Crippen LogP contribution < -0.4 is 0 Å². The molecule has 1 aliphatic heterocycles. The highest BCUT2D eigenvalue weighted by atomic mass is 16.5. The normalized spacial score (nSPS) is 19.6. The van der Waals surface area contributed by atoms with Crippen LogP contribution in [0.2, 0.25) is 0 Å². The molecule has 6 nitrogen and oxygen atoms in total. The van der Waals surface area contributed by atoms with Crippen LogP contribution in [-0.4, -0.2) is 32.3 Å². The van der Waals surface area contributed by atoms with Gasteiger partial charge in [-0.3, -0.25) is 9.48 Å². The maximum Gasteiger partial charge on any atom is 0.230 e. The summed E-state index contributed by atoms with van der Waals surface area (Å²) in [5.41, 5.74) is 2.83. The van der Waals surface area contributed by atoms with Crippen molar-refractivity contribution in [3.8, 4) is 0 Å². The number of hydrogen-bond donors (Lipinski definition) is 0. The van der Waals surface area contributed by atoms with Gasteiger partial charge in [0.05, 0.1) is 23.9 Å². The van der Waals surface area contributed by atoms with Gasteiger partial charge in [-0.1, -0.05) is 5.16 Å². The average Bonchev–Trinajstić information content (AvgIpc) is 3.18. The highest BCUT2D eigenvalue weighted by Gasteiger charge is 2.35. The summed E-state index contributed by atoms with van der Waals surface area (Å²) >= 11 is 0. The Morgan fingerprint density at radius 2 is 2.23 bits per heavy atom. The van der Waals surface area contributed by atoms with Crippen molar-refractivity contribution in [2.24, 2.45) is 7.05 Å². The first-order valence-corrected chi connectivity index (χ1v) is 7.71. The van der Waals surface area contributed by atoms with E-state index < -0.39 is 0 Å². The quantitative estimate of drug-likeness (QED) is 0.874. The Hall–Kier alpha value is -2.11. The van der Waals surface area contributed by atoms with Gasteiger partial charge in [0.1, 0.15) is 5.76 Å². The van der Waals surface area contributed by atoms with Crippen LogP contribution in [-0.2, 0) is 11.8 Å². The second-order valence-electron chi connectivity index (χ2n) is 6.10. The topological polar surface area (TPSA) is 64.2 Å². The van der Waals surface area contributed by atoms with Gasteiger partial charge in [0.15, 0.2) is 0 Å². The van der Waals surface area contributed by atoms with Crippen molar-refractivity contribution in [3.05, 3.63) is 35.0 Å². The van der Waals surface area contributed by atoms with Gasteiger partial charge in [0, 0.05) is 30.9 Å². The van der Waals surface area contributed by atoms with Crippen LogP contribution in [0.4, 0.5) is 0 Å². The van der Waals surface area contributed by atoms with Crippen LogP contribution in [0.15, 0.2) is 16.9 Å². The number of carbonyl (C=O) groups is 1. The molecule has 1 saturated heterocycles. The molecular weight excluding hydrogens is 280 g/mol. The molecule has 22 heavy (non-hydrogen) atoms. The number of nitrogens with zero attached hydrogens (tertiary/aromatic N) is 4. The fourth-order valence-corrected chi connectivity index (χ4v) is 3.47. The second-order valence-corrected chi connectivity index (χ2v) is 6.10. The molecule has 0 radical (unpaired) electrons. The minimum absolute atomic E-state index is 0.129. The number of aromatic nitrogens is 3. The lowest BCUT2D eigenvalue weighted by molar-refractivity contribution is -0.133. The molecular formula is C16H22N4O2. The van der Waals surface area contributed by atoms with Gasteiger partial charge in [-0.2, -0.15) is 5.10 Å². The van der Waals surface area contributed by atoms with Gasteiger partial charge < -0.3 is 9.42 Å². The fraction of sp³-hybridized carbons (Fsp3) is 0.562. The van der Waals surface area contributed by atoms with Crippen molar-refractivity contribution in [2.75, 3.05) is 6.54 Å². The van der Waals surface area contributed by atoms with E-state index in [0.29, 0.717) is 0 Å². The molecule has 0 aromatic carbocycles. The molecule has 2 aromatic heterocycles. The van der Waals surface area contributed by atoms with Gasteiger partial charge in [0.25, 0.3) is 0 Å². The molecule has 0 unspecified atom stereocenters. The maximum atomic E-state index is 13.0. The Morgan fingerprint density at radius 1 is 1.45 bits per heavy atom. The van der Waals surface area contributed by atoms with E-state index in [1.807, 2.05) is 45.1 Å². The van der Waals surface area contributed by atoms with Crippen molar-refractivity contribution in [1.82, 2.24) is 19.8 Å². The summed E-state index contributed by atoms with van der Waals surface area (Å²) < 4.78 is 7.00.